The van der Waals surface area contributed by atoms with E-state index in [1.54, 1.807) is 0 Å². The van der Waals surface area contributed by atoms with Gasteiger partial charge in [-0.15, -0.1) is 0 Å². The molecule has 3 heteroatoms. The molecule has 1 aliphatic carbocycles. The van der Waals surface area contributed by atoms with Gasteiger partial charge in [-0.3, -0.25) is 9.69 Å². The molecule has 0 saturated carbocycles. The van der Waals surface area contributed by atoms with Gasteiger partial charge >= 0.3 is 0 Å². The second kappa shape index (κ2) is 5.24. The highest BCUT2D eigenvalue weighted by atomic mass is 16.5. The Morgan fingerprint density at radius 2 is 1.86 bits per heavy atom. The molecule has 3 nitrogen and oxygen atoms in total. The minimum atomic E-state index is 0.0440. The molecule has 0 N–H and O–H groups in total. The van der Waals surface area contributed by atoms with Gasteiger partial charge in [0.15, 0.2) is 5.78 Å². The van der Waals surface area contributed by atoms with Crippen LogP contribution in [0, 0.1) is 0 Å². The molecule has 1 heterocycles. The molecule has 0 spiro atoms. The van der Waals surface area contributed by atoms with Crippen LogP contribution in [-0.2, 0) is 11.2 Å². The molecule has 108 valence electrons. The number of benzene rings is 2. The molecule has 0 aromatic heterocycles. The zero-order chi connectivity index (χ0) is 14.2. The fourth-order valence-electron chi connectivity index (χ4n) is 3.67. The van der Waals surface area contributed by atoms with E-state index in [9.17, 15) is 4.79 Å². The van der Waals surface area contributed by atoms with Crippen LogP contribution in [0.5, 0.6) is 0 Å². The van der Waals surface area contributed by atoms with Crippen molar-refractivity contribution >= 4 is 16.6 Å². The highest BCUT2D eigenvalue weighted by molar-refractivity contribution is 6.06. The Labute approximate surface area is 124 Å². The van der Waals surface area contributed by atoms with E-state index in [1.807, 2.05) is 6.07 Å². The molecule has 1 atom stereocenters. The lowest BCUT2D eigenvalue weighted by Crippen LogP contribution is -2.49. The normalized spacial score (nSPS) is 23.2. The van der Waals surface area contributed by atoms with Crippen LogP contribution in [0.2, 0.25) is 0 Å². The Bertz CT molecular complexity index is 689. The first kappa shape index (κ1) is 13.0. The lowest BCUT2D eigenvalue weighted by molar-refractivity contribution is 0.0153. The van der Waals surface area contributed by atoms with E-state index in [1.165, 1.54) is 16.3 Å². The molecule has 2 aliphatic rings. The average molecular weight is 281 g/mol. The van der Waals surface area contributed by atoms with E-state index in [0.717, 1.165) is 44.7 Å². The van der Waals surface area contributed by atoms with Gasteiger partial charge < -0.3 is 4.74 Å². The Morgan fingerprint density at radius 3 is 2.71 bits per heavy atom. The smallest absolute Gasteiger partial charge is 0.180 e. The summed E-state index contributed by atoms with van der Waals surface area (Å²) in [5.74, 6) is 0.295. The third-order valence-electron chi connectivity index (χ3n) is 4.76. The van der Waals surface area contributed by atoms with E-state index in [-0.39, 0.29) is 6.04 Å². The summed E-state index contributed by atoms with van der Waals surface area (Å²) in [6, 6.07) is 12.5. The number of aryl methyl sites for hydroxylation is 1. The van der Waals surface area contributed by atoms with Gasteiger partial charge in [0.1, 0.15) is 0 Å². The fourth-order valence-corrected chi connectivity index (χ4v) is 3.67. The van der Waals surface area contributed by atoms with Crippen LogP contribution in [0.15, 0.2) is 36.4 Å². The van der Waals surface area contributed by atoms with Crippen molar-refractivity contribution in [3.8, 4) is 0 Å². The standard InChI is InChI=1S/C18H19NO2/c20-18-16-6-5-13-3-1-2-4-14(13)15(16)7-8-17(18)19-9-11-21-12-10-19/h1-6,17H,7-12H2. The third-order valence-corrected chi connectivity index (χ3v) is 4.76. The lowest BCUT2D eigenvalue weighted by atomic mass is 9.83. The third kappa shape index (κ3) is 2.17. The number of carbonyl (C=O) groups excluding carboxylic acids is 1. The zero-order valence-corrected chi connectivity index (χ0v) is 12.0. The Morgan fingerprint density at radius 1 is 1.05 bits per heavy atom. The SMILES string of the molecule is O=C1c2ccc3ccccc3c2CCC1N1CCOCC1. The molecule has 0 amide bonds. The van der Waals surface area contributed by atoms with Gasteiger partial charge in [-0.2, -0.15) is 0 Å². The van der Waals surface area contributed by atoms with Crippen molar-refractivity contribution in [2.24, 2.45) is 0 Å². The highest BCUT2D eigenvalue weighted by Crippen LogP contribution is 2.31. The van der Waals surface area contributed by atoms with Gasteiger partial charge in [0.05, 0.1) is 19.3 Å². The van der Waals surface area contributed by atoms with Crippen molar-refractivity contribution in [1.82, 2.24) is 4.90 Å². The molecular weight excluding hydrogens is 262 g/mol. The number of rotatable bonds is 1. The van der Waals surface area contributed by atoms with Gasteiger partial charge in [0.2, 0.25) is 0 Å². The minimum Gasteiger partial charge on any atom is -0.379 e. The Balaban J connectivity index is 1.72. The monoisotopic (exact) mass is 281 g/mol. The first-order chi connectivity index (χ1) is 10.3. The molecule has 1 saturated heterocycles. The van der Waals surface area contributed by atoms with Crippen LogP contribution >= 0.6 is 0 Å². The molecule has 1 fully saturated rings. The van der Waals surface area contributed by atoms with Crippen molar-refractivity contribution < 1.29 is 9.53 Å². The van der Waals surface area contributed by atoms with Crippen LogP contribution in [-0.4, -0.2) is 43.0 Å². The summed E-state index contributed by atoms with van der Waals surface area (Å²) in [5, 5.41) is 2.47. The van der Waals surface area contributed by atoms with Crippen LogP contribution in [0.3, 0.4) is 0 Å². The average Bonchev–Trinajstić information content (AvgIpc) is 2.56. The van der Waals surface area contributed by atoms with Crippen molar-refractivity contribution in [3.05, 3.63) is 47.5 Å². The van der Waals surface area contributed by atoms with Crippen molar-refractivity contribution in [2.45, 2.75) is 18.9 Å². The van der Waals surface area contributed by atoms with E-state index in [4.69, 9.17) is 4.74 Å². The predicted octanol–water partition coefficient (Wildman–Crippen LogP) is 2.67. The summed E-state index contributed by atoms with van der Waals surface area (Å²) >= 11 is 0. The lowest BCUT2D eigenvalue weighted by Gasteiger charge is -2.36. The van der Waals surface area contributed by atoms with E-state index >= 15 is 0 Å². The van der Waals surface area contributed by atoms with Gasteiger partial charge in [-0.1, -0.05) is 36.4 Å². The first-order valence-corrected chi connectivity index (χ1v) is 7.71. The second-order valence-corrected chi connectivity index (χ2v) is 5.88. The van der Waals surface area contributed by atoms with E-state index in [2.05, 4.69) is 35.2 Å². The van der Waals surface area contributed by atoms with E-state index < -0.39 is 0 Å². The van der Waals surface area contributed by atoms with Crippen LogP contribution < -0.4 is 0 Å². The Hall–Kier alpha value is -1.71. The van der Waals surface area contributed by atoms with Crippen LogP contribution in [0.1, 0.15) is 22.3 Å². The molecule has 2 aromatic carbocycles. The van der Waals surface area contributed by atoms with Crippen molar-refractivity contribution in [2.75, 3.05) is 26.3 Å². The van der Waals surface area contributed by atoms with Crippen molar-refractivity contribution in [3.63, 3.8) is 0 Å². The molecule has 0 radical (unpaired) electrons. The first-order valence-electron chi connectivity index (χ1n) is 7.71. The summed E-state index contributed by atoms with van der Waals surface area (Å²) in [6.45, 7) is 3.24. The topological polar surface area (TPSA) is 29.5 Å². The number of ketones is 1. The summed E-state index contributed by atoms with van der Waals surface area (Å²) in [7, 11) is 0. The quantitative estimate of drug-likeness (QED) is 0.805. The largest absolute Gasteiger partial charge is 0.379 e. The summed E-state index contributed by atoms with van der Waals surface area (Å²) in [5.41, 5.74) is 2.17. The molecular formula is C18H19NO2. The number of ether oxygens (including phenoxy) is 1. The molecule has 21 heavy (non-hydrogen) atoms. The maximum atomic E-state index is 12.9. The molecule has 0 bridgehead atoms. The molecule has 4 rings (SSSR count). The van der Waals surface area contributed by atoms with Gasteiger partial charge in [0, 0.05) is 18.7 Å². The number of nitrogens with zero attached hydrogens (tertiary/aromatic N) is 1. The number of Topliss-reactive ketones (excluding diaryl/α,β-unsaturated/α-hetero) is 1. The fraction of sp³-hybridized carbons (Fsp3) is 0.389. The van der Waals surface area contributed by atoms with Gasteiger partial charge in [0.25, 0.3) is 0 Å². The number of hydrogen-bond acceptors (Lipinski definition) is 3. The van der Waals surface area contributed by atoms with E-state index in [0.29, 0.717) is 5.78 Å². The summed E-state index contributed by atoms with van der Waals surface area (Å²) < 4.78 is 5.40. The number of carbonyl (C=O) groups is 1. The van der Waals surface area contributed by atoms with Gasteiger partial charge in [-0.25, -0.2) is 0 Å². The van der Waals surface area contributed by atoms with Crippen molar-refractivity contribution in [1.29, 1.82) is 0 Å². The summed E-state index contributed by atoms with van der Waals surface area (Å²) in [6.07, 6.45) is 1.92. The van der Waals surface area contributed by atoms with Gasteiger partial charge in [-0.05, 0) is 29.2 Å². The predicted molar refractivity (Wildman–Crippen MR) is 82.8 cm³/mol. The Kier molecular flexibility index (Phi) is 3.24. The molecule has 2 aromatic rings. The van der Waals surface area contributed by atoms with Crippen LogP contribution in [0.4, 0.5) is 0 Å². The highest BCUT2D eigenvalue weighted by Gasteiger charge is 2.33. The molecule has 1 aliphatic heterocycles. The zero-order valence-electron chi connectivity index (χ0n) is 12.0. The number of fused-ring (bicyclic) bond motifs is 3. The summed E-state index contributed by atoms with van der Waals surface area (Å²) in [4.78, 5) is 15.2. The number of morpholine rings is 1. The maximum absolute atomic E-state index is 12.9. The number of hydrogen-bond donors (Lipinski definition) is 0. The van der Waals surface area contributed by atoms with Crippen LogP contribution in [0.25, 0.3) is 10.8 Å². The maximum Gasteiger partial charge on any atom is 0.180 e. The second-order valence-electron chi connectivity index (χ2n) is 5.88. The minimum absolute atomic E-state index is 0.0440. The molecule has 1 unspecified atom stereocenters.